The van der Waals surface area contributed by atoms with Crippen LogP contribution in [-0.4, -0.2) is 54.4 Å². The average Bonchev–Trinajstić information content (AvgIpc) is 3.18. The van der Waals surface area contributed by atoms with Gasteiger partial charge < -0.3 is 4.74 Å². The Hall–Kier alpha value is -2.46. The summed E-state index contributed by atoms with van der Waals surface area (Å²) in [5.41, 5.74) is 0.146. The van der Waals surface area contributed by atoms with Crippen LogP contribution >= 0.6 is 0 Å². The lowest BCUT2D eigenvalue weighted by Crippen LogP contribution is -2.43. The number of halogens is 3. The van der Waals surface area contributed by atoms with E-state index in [1.165, 1.54) is 4.90 Å². The first kappa shape index (κ1) is 18.9. The van der Waals surface area contributed by atoms with Crippen LogP contribution in [0.3, 0.4) is 0 Å². The second kappa shape index (κ2) is 6.86. The van der Waals surface area contributed by atoms with Gasteiger partial charge in [0, 0.05) is 13.0 Å². The molecule has 28 heavy (non-hydrogen) atoms. The number of carbonyl (C=O) groups excluding carboxylic acids is 1. The number of hydrogen-bond acceptors (Lipinski definition) is 5. The summed E-state index contributed by atoms with van der Waals surface area (Å²) in [5, 5.41) is 2.42. The predicted molar refractivity (Wildman–Crippen MR) is 94.9 cm³/mol. The van der Waals surface area contributed by atoms with E-state index in [0.29, 0.717) is 16.6 Å². The smallest absolute Gasteiger partial charge is 0.260 e. The standard InChI is InChI=1S/C18H16BF3N4O2/c19-12-2-1-11-7-28-10-26(9-17(14(11)3-12)8-18(17,21)22)6-15(27)25-16-23-4-13(20)5-24-16/h1-5H,6-10H2,(H,23,24,25,27)/t17-/m0/s1. The molecule has 1 saturated carbocycles. The van der Waals surface area contributed by atoms with E-state index in [4.69, 9.17) is 12.6 Å². The fourth-order valence-electron chi connectivity index (χ4n) is 3.61. The Bertz CT molecular complexity index is 912. The molecule has 2 heterocycles. The van der Waals surface area contributed by atoms with Crippen molar-refractivity contribution < 1.29 is 22.7 Å². The molecule has 1 N–H and O–H groups in total. The highest BCUT2D eigenvalue weighted by molar-refractivity contribution is 6.32. The van der Waals surface area contributed by atoms with Crippen LogP contribution < -0.4 is 10.8 Å². The molecule has 2 radical (unpaired) electrons. The van der Waals surface area contributed by atoms with Gasteiger partial charge in [-0.15, -0.1) is 0 Å². The number of anilines is 1. The molecule has 6 nitrogen and oxygen atoms in total. The van der Waals surface area contributed by atoms with Gasteiger partial charge >= 0.3 is 0 Å². The van der Waals surface area contributed by atoms with E-state index < -0.39 is 23.1 Å². The summed E-state index contributed by atoms with van der Waals surface area (Å²) in [7, 11) is 5.82. The first-order valence-corrected chi connectivity index (χ1v) is 8.63. The van der Waals surface area contributed by atoms with Crippen molar-refractivity contribution in [2.75, 3.05) is 25.1 Å². The van der Waals surface area contributed by atoms with Crippen LogP contribution in [0, 0.1) is 5.82 Å². The highest BCUT2D eigenvalue weighted by Gasteiger charge is 2.72. The maximum absolute atomic E-state index is 14.4. The molecule has 144 valence electrons. The molecule has 1 atom stereocenters. The molecular weight excluding hydrogens is 372 g/mol. The first-order chi connectivity index (χ1) is 13.3. The molecule has 1 aliphatic heterocycles. The van der Waals surface area contributed by atoms with Crippen LogP contribution in [0.1, 0.15) is 17.5 Å². The molecule has 2 aromatic rings. The summed E-state index contributed by atoms with van der Waals surface area (Å²) in [6.45, 7) is -0.101. The SMILES string of the molecule is [B]c1ccc2c(c1)[C@@]1(CN(CC(=O)Nc3ncc(F)cn3)COC2)CC1(F)F. The van der Waals surface area contributed by atoms with E-state index in [1.807, 2.05) is 0 Å². The number of carbonyl (C=O) groups is 1. The van der Waals surface area contributed by atoms with Gasteiger partial charge in [-0.3, -0.25) is 15.0 Å². The van der Waals surface area contributed by atoms with E-state index in [2.05, 4.69) is 15.3 Å². The minimum Gasteiger partial charge on any atom is -0.361 e. The molecule has 4 rings (SSSR count). The van der Waals surface area contributed by atoms with Crippen molar-refractivity contribution in [3.05, 3.63) is 47.5 Å². The lowest BCUT2D eigenvalue weighted by atomic mass is 9.84. The van der Waals surface area contributed by atoms with E-state index in [-0.39, 0.29) is 38.8 Å². The number of ether oxygens (including phenoxy) is 1. The van der Waals surface area contributed by atoms with E-state index in [1.54, 1.807) is 18.2 Å². The molecule has 1 amide bonds. The van der Waals surface area contributed by atoms with Crippen molar-refractivity contribution in [3.63, 3.8) is 0 Å². The van der Waals surface area contributed by atoms with Crippen molar-refractivity contribution in [2.45, 2.75) is 24.4 Å². The molecule has 1 aromatic carbocycles. The van der Waals surface area contributed by atoms with Crippen molar-refractivity contribution >= 4 is 25.2 Å². The highest BCUT2D eigenvalue weighted by atomic mass is 19.3. The van der Waals surface area contributed by atoms with Gasteiger partial charge in [-0.25, -0.2) is 23.1 Å². The number of benzene rings is 1. The van der Waals surface area contributed by atoms with Gasteiger partial charge in [-0.2, -0.15) is 0 Å². The molecule has 0 unspecified atom stereocenters. The largest absolute Gasteiger partial charge is 0.361 e. The highest BCUT2D eigenvalue weighted by Crippen LogP contribution is 2.62. The monoisotopic (exact) mass is 388 g/mol. The molecule has 10 heteroatoms. The van der Waals surface area contributed by atoms with Gasteiger partial charge in [0.05, 0.1) is 37.7 Å². The normalized spacial score (nSPS) is 23.5. The summed E-state index contributed by atoms with van der Waals surface area (Å²) in [4.78, 5) is 21.1. The molecule has 1 spiro atoms. The number of fused-ring (bicyclic) bond motifs is 2. The third kappa shape index (κ3) is 3.49. The predicted octanol–water partition coefficient (Wildman–Crippen LogP) is 1.11. The molecule has 0 bridgehead atoms. The van der Waals surface area contributed by atoms with E-state index >= 15 is 0 Å². The zero-order valence-corrected chi connectivity index (χ0v) is 14.8. The number of nitrogens with one attached hydrogen (secondary N) is 1. The van der Waals surface area contributed by atoms with Gasteiger partial charge in [0.15, 0.2) is 5.82 Å². The summed E-state index contributed by atoms with van der Waals surface area (Å²) >= 11 is 0. The van der Waals surface area contributed by atoms with Crippen LogP contribution in [0.15, 0.2) is 30.6 Å². The zero-order valence-electron chi connectivity index (χ0n) is 14.8. The van der Waals surface area contributed by atoms with Gasteiger partial charge in [0.2, 0.25) is 11.9 Å². The summed E-state index contributed by atoms with van der Waals surface area (Å²) in [5.74, 6) is -4.10. The molecule has 0 saturated heterocycles. The van der Waals surface area contributed by atoms with Gasteiger partial charge in [-0.05, 0) is 11.1 Å². The quantitative estimate of drug-likeness (QED) is 0.799. The maximum atomic E-state index is 14.4. The minimum atomic E-state index is -2.89. The maximum Gasteiger partial charge on any atom is 0.260 e. The first-order valence-electron chi connectivity index (χ1n) is 8.63. The Morgan fingerprint density at radius 3 is 2.71 bits per heavy atom. The number of rotatable bonds is 3. The molecule has 1 aliphatic carbocycles. The fourth-order valence-corrected chi connectivity index (χ4v) is 3.61. The van der Waals surface area contributed by atoms with Crippen molar-refractivity contribution in [3.8, 4) is 0 Å². The Labute approximate surface area is 160 Å². The van der Waals surface area contributed by atoms with Crippen molar-refractivity contribution in [1.29, 1.82) is 0 Å². The molecule has 2 aliphatic rings. The average molecular weight is 388 g/mol. The second-order valence-corrected chi connectivity index (χ2v) is 7.12. The minimum absolute atomic E-state index is 0.0132. The van der Waals surface area contributed by atoms with Crippen LogP contribution in [0.2, 0.25) is 0 Å². The van der Waals surface area contributed by atoms with Gasteiger partial charge in [0.25, 0.3) is 5.92 Å². The number of alkyl halides is 2. The van der Waals surface area contributed by atoms with Crippen molar-refractivity contribution in [2.24, 2.45) is 0 Å². The van der Waals surface area contributed by atoms with Crippen LogP contribution in [0.25, 0.3) is 0 Å². The summed E-state index contributed by atoms with van der Waals surface area (Å²) in [6, 6.07) is 4.93. The van der Waals surface area contributed by atoms with Crippen LogP contribution in [-0.2, 0) is 21.6 Å². The molecule has 1 aromatic heterocycles. The fraction of sp³-hybridized carbons (Fsp3) is 0.389. The van der Waals surface area contributed by atoms with Gasteiger partial charge in [0.1, 0.15) is 7.85 Å². The van der Waals surface area contributed by atoms with E-state index in [9.17, 15) is 18.0 Å². The third-order valence-corrected chi connectivity index (χ3v) is 5.01. The Morgan fingerprint density at radius 1 is 1.32 bits per heavy atom. The van der Waals surface area contributed by atoms with Gasteiger partial charge in [-0.1, -0.05) is 23.7 Å². The third-order valence-electron chi connectivity index (χ3n) is 5.01. The second-order valence-electron chi connectivity index (χ2n) is 7.12. The van der Waals surface area contributed by atoms with Crippen LogP contribution in [0.5, 0.6) is 0 Å². The zero-order chi connectivity index (χ0) is 19.9. The molecular formula is C18H16BF3N4O2. The molecule has 1 fully saturated rings. The number of amides is 1. The Morgan fingerprint density at radius 2 is 2.04 bits per heavy atom. The van der Waals surface area contributed by atoms with Crippen LogP contribution in [0.4, 0.5) is 19.1 Å². The lowest BCUT2D eigenvalue weighted by Gasteiger charge is -2.31. The van der Waals surface area contributed by atoms with Crippen molar-refractivity contribution in [1.82, 2.24) is 14.9 Å². The summed E-state index contributed by atoms with van der Waals surface area (Å²) < 4.78 is 47.3. The Balaban J connectivity index is 1.52. The number of aromatic nitrogens is 2. The number of nitrogens with zero attached hydrogens (tertiary/aromatic N) is 3. The lowest BCUT2D eigenvalue weighted by molar-refractivity contribution is -0.119. The topological polar surface area (TPSA) is 67.4 Å². The van der Waals surface area contributed by atoms with E-state index in [0.717, 1.165) is 12.4 Å². The summed E-state index contributed by atoms with van der Waals surface area (Å²) in [6.07, 6.45) is 1.53. The Kier molecular flexibility index (Phi) is 4.63. The number of hydrogen-bond donors (Lipinski definition) is 1.